The first-order valence-electron chi connectivity index (χ1n) is 14.7. The highest BCUT2D eigenvalue weighted by Gasteiger charge is 2.64. The number of ether oxygens (including phenoxy) is 1. The lowest BCUT2D eigenvalue weighted by Crippen LogP contribution is -2.54. The Labute approximate surface area is 265 Å². The highest BCUT2D eigenvalue weighted by atomic mass is 127. The van der Waals surface area contributed by atoms with Crippen molar-refractivity contribution >= 4 is 48.5 Å². The Kier molecular flexibility index (Phi) is 10.1. The van der Waals surface area contributed by atoms with Gasteiger partial charge in [0.1, 0.15) is 0 Å². The first-order chi connectivity index (χ1) is 19.8. The molecule has 1 amide bonds. The average Bonchev–Trinajstić information content (AvgIpc) is 3.30. The van der Waals surface area contributed by atoms with E-state index >= 15 is 0 Å². The van der Waals surface area contributed by atoms with Crippen LogP contribution in [0, 0.1) is 14.9 Å². The van der Waals surface area contributed by atoms with E-state index in [0.717, 1.165) is 27.8 Å². The zero-order chi connectivity index (χ0) is 30.9. The summed E-state index contributed by atoms with van der Waals surface area (Å²) in [6, 6.07) is 17.6. The summed E-state index contributed by atoms with van der Waals surface area (Å²) in [7, 11) is 0.878. The van der Waals surface area contributed by atoms with Gasteiger partial charge < -0.3 is 19.2 Å². The quantitative estimate of drug-likeness (QED) is 0.119. The van der Waals surface area contributed by atoms with E-state index in [2.05, 4.69) is 73.5 Å². The summed E-state index contributed by atoms with van der Waals surface area (Å²) in [4.78, 5) is 32.6. The summed E-state index contributed by atoms with van der Waals surface area (Å²) < 4.78 is 13.4. The SMILES string of the molecule is COC(=O)[C@]1(C(=O)N(C)c2ccccc2I)C[C@H]2[C@@H](/C1=C\CO)N(Cc1ccccc1)CC[C@H]2O[Si](C)(C)C(C)(C)C. The van der Waals surface area contributed by atoms with E-state index < -0.39 is 19.7 Å². The van der Waals surface area contributed by atoms with Crippen molar-refractivity contribution in [1.29, 1.82) is 0 Å². The van der Waals surface area contributed by atoms with Crippen molar-refractivity contribution < 1.29 is 23.9 Å². The van der Waals surface area contributed by atoms with E-state index in [1.54, 1.807) is 18.0 Å². The lowest BCUT2D eigenvalue weighted by molar-refractivity contribution is -0.155. The molecule has 0 unspecified atom stereocenters. The first kappa shape index (κ1) is 32.9. The van der Waals surface area contributed by atoms with Crippen LogP contribution in [-0.4, -0.2) is 69.7 Å². The maximum absolute atomic E-state index is 14.7. The maximum atomic E-state index is 14.7. The van der Waals surface area contributed by atoms with Crippen LogP contribution in [0.1, 0.15) is 39.2 Å². The van der Waals surface area contributed by atoms with Crippen LogP contribution < -0.4 is 4.90 Å². The lowest BCUT2D eigenvalue weighted by atomic mass is 9.79. The predicted octanol–water partition coefficient (Wildman–Crippen LogP) is 6.02. The molecule has 2 aromatic carbocycles. The molecular formula is C33H45IN2O5Si. The van der Waals surface area contributed by atoms with Gasteiger partial charge in [0.15, 0.2) is 13.7 Å². The number of aliphatic hydroxyl groups excluding tert-OH is 1. The molecule has 4 atom stereocenters. The third-order valence-electron chi connectivity index (χ3n) is 9.54. The highest BCUT2D eigenvalue weighted by Crippen LogP contribution is 2.55. The minimum absolute atomic E-state index is 0.00547. The molecule has 2 aliphatic rings. The van der Waals surface area contributed by atoms with Crippen LogP contribution >= 0.6 is 22.6 Å². The van der Waals surface area contributed by atoms with Crippen LogP contribution in [0.4, 0.5) is 5.69 Å². The van der Waals surface area contributed by atoms with Gasteiger partial charge in [-0.1, -0.05) is 69.3 Å². The fourth-order valence-corrected chi connectivity index (χ4v) is 8.55. The fourth-order valence-electron chi connectivity index (χ4n) is 6.40. The van der Waals surface area contributed by atoms with E-state index in [0.29, 0.717) is 12.1 Å². The zero-order valence-electron chi connectivity index (χ0n) is 25.9. The molecule has 1 saturated heterocycles. The number of likely N-dealkylation sites (tertiary alicyclic amines) is 1. The average molecular weight is 705 g/mol. The summed E-state index contributed by atoms with van der Waals surface area (Å²) in [5.74, 6) is -1.08. The van der Waals surface area contributed by atoms with Crippen molar-refractivity contribution in [2.45, 2.75) is 70.4 Å². The lowest BCUT2D eigenvalue weighted by Gasteiger charge is -2.47. The molecule has 1 N–H and O–H groups in total. The van der Waals surface area contributed by atoms with Gasteiger partial charge in [0.2, 0.25) is 5.91 Å². The summed E-state index contributed by atoms with van der Waals surface area (Å²) >= 11 is 2.21. The number of nitrogens with zero attached hydrogens (tertiary/aromatic N) is 2. The monoisotopic (exact) mass is 704 g/mol. The number of anilines is 1. The van der Waals surface area contributed by atoms with Crippen LogP contribution in [-0.2, 0) is 25.3 Å². The van der Waals surface area contributed by atoms with E-state index in [1.165, 1.54) is 7.11 Å². The minimum Gasteiger partial charge on any atom is -0.468 e. The number of para-hydroxylation sites is 1. The molecule has 4 rings (SSSR count). The van der Waals surface area contributed by atoms with Gasteiger partial charge >= 0.3 is 5.97 Å². The number of hydrogen-bond acceptors (Lipinski definition) is 6. The van der Waals surface area contributed by atoms with Crippen molar-refractivity contribution in [3.63, 3.8) is 0 Å². The van der Waals surface area contributed by atoms with Crippen molar-refractivity contribution in [3.05, 3.63) is 75.4 Å². The van der Waals surface area contributed by atoms with Crippen LogP contribution in [0.5, 0.6) is 0 Å². The summed E-state index contributed by atoms with van der Waals surface area (Å²) in [6.07, 6.45) is 2.60. The van der Waals surface area contributed by atoms with Gasteiger partial charge in [0.05, 0.1) is 25.5 Å². The van der Waals surface area contributed by atoms with Gasteiger partial charge in [-0.15, -0.1) is 0 Å². The largest absolute Gasteiger partial charge is 0.468 e. The third-order valence-corrected chi connectivity index (χ3v) is 15.0. The molecule has 0 spiro atoms. The van der Waals surface area contributed by atoms with Gasteiger partial charge in [-0.05, 0) is 76.8 Å². The predicted molar refractivity (Wildman–Crippen MR) is 178 cm³/mol. The van der Waals surface area contributed by atoms with Crippen molar-refractivity contribution in [3.8, 4) is 0 Å². The summed E-state index contributed by atoms with van der Waals surface area (Å²) in [5, 5.41) is 10.3. The Hall–Kier alpha value is -2.05. The van der Waals surface area contributed by atoms with Crippen molar-refractivity contribution in [2.24, 2.45) is 11.3 Å². The molecule has 1 aliphatic carbocycles. The number of esters is 1. The van der Waals surface area contributed by atoms with Gasteiger partial charge in [-0.25, -0.2) is 0 Å². The third kappa shape index (κ3) is 6.13. The number of carbonyl (C=O) groups excluding carboxylic acids is 2. The summed E-state index contributed by atoms with van der Waals surface area (Å²) in [6.45, 7) is 12.3. The number of fused-ring (bicyclic) bond motifs is 1. The fraction of sp³-hybridized carbons (Fsp3) is 0.515. The van der Waals surface area contributed by atoms with Gasteiger partial charge in [0, 0.05) is 35.7 Å². The molecule has 2 fully saturated rings. The minimum atomic E-state index is -2.18. The Morgan fingerprint density at radius 3 is 2.38 bits per heavy atom. The van der Waals surface area contributed by atoms with E-state index in [-0.39, 0.29) is 42.0 Å². The van der Waals surface area contributed by atoms with Crippen LogP contribution in [0.25, 0.3) is 0 Å². The normalized spacial score (nSPS) is 25.7. The zero-order valence-corrected chi connectivity index (χ0v) is 29.1. The number of methoxy groups -OCH3 is 1. The number of amides is 1. The highest BCUT2D eigenvalue weighted by molar-refractivity contribution is 14.1. The molecule has 1 saturated carbocycles. The topological polar surface area (TPSA) is 79.3 Å². The smallest absolute Gasteiger partial charge is 0.325 e. The van der Waals surface area contributed by atoms with Crippen LogP contribution in [0.2, 0.25) is 18.1 Å². The van der Waals surface area contributed by atoms with E-state index in [4.69, 9.17) is 9.16 Å². The molecule has 1 aliphatic heterocycles. The second-order valence-electron chi connectivity index (χ2n) is 13.0. The van der Waals surface area contributed by atoms with Crippen LogP contribution in [0.3, 0.4) is 0 Å². The number of benzene rings is 2. The molecular weight excluding hydrogens is 659 g/mol. The second-order valence-corrected chi connectivity index (χ2v) is 18.9. The molecule has 1 heterocycles. The molecule has 0 bridgehead atoms. The Balaban J connectivity index is 1.86. The molecule has 9 heteroatoms. The number of aliphatic hydroxyl groups is 1. The molecule has 42 heavy (non-hydrogen) atoms. The van der Waals surface area contributed by atoms with Crippen LogP contribution in [0.15, 0.2) is 66.2 Å². The number of piperidine rings is 1. The second kappa shape index (κ2) is 12.9. The molecule has 7 nitrogen and oxygen atoms in total. The molecule has 0 aromatic heterocycles. The molecule has 0 radical (unpaired) electrons. The molecule has 2 aromatic rings. The standard InChI is InChI=1S/C33H45IN2O5Si/c1-32(2,3)42(6,7)41-28-17-19-36(22-23-13-9-8-10-14-23)29-24(28)21-33(31(39)40-5,25(29)18-20-37)30(38)35(4)27-16-12-11-15-26(27)34/h8-16,18,24,28-29,37H,17,19-22H2,1-7H3/b25-18+/t24-,28-,29+,33-/m1/s1. The van der Waals surface area contributed by atoms with Crippen molar-refractivity contribution in [1.82, 2.24) is 4.90 Å². The van der Waals surface area contributed by atoms with E-state index in [9.17, 15) is 14.7 Å². The first-order valence-corrected chi connectivity index (χ1v) is 18.7. The maximum Gasteiger partial charge on any atom is 0.325 e. The number of carbonyl (C=O) groups is 2. The van der Waals surface area contributed by atoms with Gasteiger partial charge in [-0.3, -0.25) is 14.5 Å². The Bertz CT molecular complexity index is 1310. The number of rotatable bonds is 8. The van der Waals surface area contributed by atoms with E-state index in [1.807, 2.05) is 42.5 Å². The molecule has 228 valence electrons. The Morgan fingerprint density at radius 1 is 1.14 bits per heavy atom. The van der Waals surface area contributed by atoms with Crippen molar-refractivity contribution in [2.75, 3.05) is 32.2 Å². The number of halogens is 1. The van der Waals surface area contributed by atoms with Gasteiger partial charge in [0.25, 0.3) is 0 Å². The van der Waals surface area contributed by atoms with Gasteiger partial charge in [-0.2, -0.15) is 0 Å². The number of hydrogen-bond donors (Lipinski definition) is 1. The summed E-state index contributed by atoms with van der Waals surface area (Å²) in [5.41, 5.74) is 0.902. The Morgan fingerprint density at radius 2 is 1.79 bits per heavy atom.